The number of hydrogen-bond acceptors (Lipinski definition) is 5. The van der Waals surface area contributed by atoms with E-state index in [2.05, 4.69) is 15.6 Å². The summed E-state index contributed by atoms with van der Waals surface area (Å²) in [5, 5.41) is 5.58. The minimum Gasteiger partial charge on any atom is -0.452 e. The van der Waals surface area contributed by atoms with Crippen molar-refractivity contribution in [3.8, 4) is 5.69 Å². The number of hydrogen-bond donors (Lipinski definition) is 2. The lowest BCUT2D eigenvalue weighted by Crippen LogP contribution is -2.35. The first-order chi connectivity index (χ1) is 15.4. The quantitative estimate of drug-likeness (QED) is 0.404. The van der Waals surface area contributed by atoms with Crippen LogP contribution in [0.1, 0.15) is 11.1 Å². The van der Waals surface area contributed by atoms with Gasteiger partial charge in [0, 0.05) is 34.9 Å². The van der Waals surface area contributed by atoms with Gasteiger partial charge in [-0.3, -0.25) is 9.59 Å². The van der Waals surface area contributed by atoms with Gasteiger partial charge >= 0.3 is 5.97 Å². The molecule has 0 atom stereocenters. The molecule has 9 heteroatoms. The van der Waals surface area contributed by atoms with Crippen LogP contribution in [-0.2, 0) is 19.1 Å². The molecule has 1 aromatic heterocycles. The number of esters is 1. The monoisotopic (exact) mass is 452 g/mol. The highest BCUT2D eigenvalue weighted by Crippen LogP contribution is 2.22. The minimum atomic E-state index is -0.669. The molecule has 8 nitrogen and oxygen atoms in total. The Morgan fingerprint density at radius 2 is 1.91 bits per heavy atom. The van der Waals surface area contributed by atoms with Crippen LogP contribution in [-0.4, -0.2) is 40.5 Å². The van der Waals surface area contributed by atoms with Crippen LogP contribution in [0.2, 0.25) is 5.02 Å². The van der Waals surface area contributed by atoms with Gasteiger partial charge in [-0.05, 0) is 48.4 Å². The number of rotatable bonds is 8. The van der Waals surface area contributed by atoms with Crippen molar-refractivity contribution in [1.82, 2.24) is 14.9 Å². The third-order valence-corrected chi connectivity index (χ3v) is 4.85. The Morgan fingerprint density at radius 3 is 2.62 bits per heavy atom. The zero-order valence-corrected chi connectivity index (χ0v) is 18.0. The normalized spacial score (nSPS) is 10.7. The van der Waals surface area contributed by atoms with Gasteiger partial charge in [0.15, 0.2) is 6.61 Å². The fourth-order valence-corrected chi connectivity index (χ4v) is 2.86. The molecule has 0 radical (unpaired) electrons. The van der Waals surface area contributed by atoms with E-state index in [9.17, 15) is 14.4 Å². The summed E-state index contributed by atoms with van der Waals surface area (Å²) < 4.78 is 6.75. The summed E-state index contributed by atoms with van der Waals surface area (Å²) in [6, 6.07) is 12.6. The highest BCUT2D eigenvalue weighted by molar-refractivity contribution is 6.31. The van der Waals surface area contributed by atoms with Gasteiger partial charge in [-0.25, -0.2) is 9.78 Å². The van der Waals surface area contributed by atoms with Crippen molar-refractivity contribution >= 4 is 41.1 Å². The number of carbonyl (C=O) groups excluding carboxylic acids is 3. The molecule has 2 amide bonds. The van der Waals surface area contributed by atoms with Gasteiger partial charge in [0.1, 0.15) is 0 Å². The third kappa shape index (κ3) is 6.55. The van der Waals surface area contributed by atoms with Crippen molar-refractivity contribution < 1.29 is 19.1 Å². The Bertz CT molecular complexity index is 1130. The topological polar surface area (TPSA) is 102 Å². The van der Waals surface area contributed by atoms with Gasteiger partial charge in [0.2, 0.25) is 5.91 Å². The molecule has 0 spiro atoms. The van der Waals surface area contributed by atoms with Crippen LogP contribution in [0.3, 0.4) is 0 Å². The third-order valence-electron chi connectivity index (χ3n) is 4.44. The lowest BCUT2D eigenvalue weighted by atomic mass is 10.2. The number of benzene rings is 2. The maximum atomic E-state index is 12.0. The molecule has 2 aromatic carbocycles. The number of imidazole rings is 1. The number of halogens is 1. The molecule has 0 aliphatic carbocycles. The molecule has 3 rings (SSSR count). The Labute approximate surface area is 189 Å². The van der Waals surface area contributed by atoms with Crippen molar-refractivity contribution in [3.63, 3.8) is 0 Å². The Balaban J connectivity index is 1.39. The lowest BCUT2D eigenvalue weighted by molar-refractivity contribution is -0.143. The molecule has 0 unspecified atom stereocenters. The predicted octanol–water partition coefficient (Wildman–Crippen LogP) is 3.15. The number of nitrogens with one attached hydrogen (secondary N) is 2. The highest BCUT2D eigenvalue weighted by Gasteiger charge is 2.10. The standard InChI is InChI=1S/C23H21ClN4O4/c1-16-19(24)3-2-4-20(16)27-21(29)13-26-22(30)14-32-23(31)10-7-17-5-8-18(9-6-17)28-12-11-25-15-28/h2-12,15H,13-14H2,1H3,(H,26,30)(H,27,29). The molecule has 1 heterocycles. The van der Waals surface area contributed by atoms with E-state index >= 15 is 0 Å². The van der Waals surface area contributed by atoms with Crippen molar-refractivity contribution in [3.05, 3.63) is 83.4 Å². The molecule has 0 bridgehead atoms. The van der Waals surface area contributed by atoms with Crippen LogP contribution in [0.15, 0.2) is 67.3 Å². The largest absolute Gasteiger partial charge is 0.452 e. The molecule has 0 saturated carbocycles. The molecule has 2 N–H and O–H groups in total. The summed E-state index contributed by atoms with van der Waals surface area (Å²) in [5.74, 6) is -1.68. The van der Waals surface area contributed by atoms with Crippen LogP contribution < -0.4 is 10.6 Å². The lowest BCUT2D eigenvalue weighted by Gasteiger charge is -2.10. The maximum Gasteiger partial charge on any atom is 0.331 e. The Kier molecular flexibility index (Phi) is 7.77. The number of nitrogens with zero attached hydrogens (tertiary/aromatic N) is 2. The second-order valence-corrected chi connectivity index (χ2v) is 7.15. The average Bonchev–Trinajstić information content (AvgIpc) is 3.33. The molecule has 164 valence electrons. The fourth-order valence-electron chi connectivity index (χ4n) is 2.69. The van der Waals surface area contributed by atoms with Crippen LogP contribution in [0.5, 0.6) is 0 Å². The van der Waals surface area contributed by atoms with E-state index in [1.54, 1.807) is 43.7 Å². The SMILES string of the molecule is Cc1c(Cl)cccc1NC(=O)CNC(=O)COC(=O)C=Cc1ccc(-n2ccnc2)cc1. The number of ether oxygens (including phenoxy) is 1. The molecule has 0 saturated heterocycles. The first kappa shape index (κ1) is 22.8. The average molecular weight is 453 g/mol. The molecular formula is C23H21ClN4O4. The molecule has 32 heavy (non-hydrogen) atoms. The zero-order chi connectivity index (χ0) is 22.9. The first-order valence-electron chi connectivity index (χ1n) is 9.67. The summed E-state index contributed by atoms with van der Waals surface area (Å²) in [6.07, 6.45) is 8.02. The van der Waals surface area contributed by atoms with Crippen molar-refractivity contribution in [1.29, 1.82) is 0 Å². The summed E-state index contributed by atoms with van der Waals surface area (Å²) in [5.41, 5.74) is 3.02. The summed E-state index contributed by atoms with van der Waals surface area (Å²) in [6.45, 7) is 1.02. The van der Waals surface area contributed by atoms with E-state index in [1.165, 1.54) is 6.08 Å². The van der Waals surface area contributed by atoms with Gasteiger partial charge in [0.25, 0.3) is 5.91 Å². The Hall–Kier alpha value is -3.91. The van der Waals surface area contributed by atoms with E-state index < -0.39 is 24.4 Å². The second kappa shape index (κ2) is 10.9. The van der Waals surface area contributed by atoms with Crippen LogP contribution >= 0.6 is 11.6 Å². The number of amides is 2. The second-order valence-electron chi connectivity index (χ2n) is 6.74. The summed E-state index contributed by atoms with van der Waals surface area (Å²) in [7, 11) is 0. The van der Waals surface area contributed by atoms with Crippen LogP contribution in [0, 0.1) is 6.92 Å². The highest BCUT2D eigenvalue weighted by atomic mass is 35.5. The molecular weight excluding hydrogens is 432 g/mol. The van der Waals surface area contributed by atoms with Crippen molar-refractivity contribution in [2.24, 2.45) is 0 Å². The van der Waals surface area contributed by atoms with E-state index in [1.807, 2.05) is 35.0 Å². The van der Waals surface area contributed by atoms with Crippen molar-refractivity contribution in [2.45, 2.75) is 6.92 Å². The maximum absolute atomic E-state index is 12.0. The minimum absolute atomic E-state index is 0.262. The predicted molar refractivity (Wildman–Crippen MR) is 121 cm³/mol. The van der Waals surface area contributed by atoms with Gasteiger partial charge in [-0.1, -0.05) is 29.8 Å². The molecule has 0 fully saturated rings. The van der Waals surface area contributed by atoms with Crippen LogP contribution in [0.4, 0.5) is 5.69 Å². The summed E-state index contributed by atoms with van der Waals surface area (Å²) in [4.78, 5) is 39.6. The smallest absolute Gasteiger partial charge is 0.331 e. The molecule has 3 aromatic rings. The van der Waals surface area contributed by atoms with Gasteiger partial charge < -0.3 is 19.9 Å². The number of anilines is 1. The van der Waals surface area contributed by atoms with E-state index in [0.717, 1.165) is 16.8 Å². The van der Waals surface area contributed by atoms with Crippen LogP contribution in [0.25, 0.3) is 11.8 Å². The van der Waals surface area contributed by atoms with Gasteiger partial charge in [-0.2, -0.15) is 0 Å². The fraction of sp³-hybridized carbons (Fsp3) is 0.130. The van der Waals surface area contributed by atoms with Gasteiger partial charge in [0.05, 0.1) is 12.9 Å². The number of carbonyl (C=O) groups is 3. The number of aromatic nitrogens is 2. The molecule has 0 aliphatic heterocycles. The van der Waals surface area contributed by atoms with Gasteiger partial charge in [-0.15, -0.1) is 0 Å². The molecule has 0 aliphatic rings. The van der Waals surface area contributed by atoms with E-state index in [-0.39, 0.29) is 6.54 Å². The van der Waals surface area contributed by atoms with Crippen molar-refractivity contribution in [2.75, 3.05) is 18.5 Å². The summed E-state index contributed by atoms with van der Waals surface area (Å²) >= 11 is 6.01. The first-order valence-corrected chi connectivity index (χ1v) is 10.0. The van der Waals surface area contributed by atoms with E-state index in [0.29, 0.717) is 10.7 Å². The Morgan fingerprint density at radius 1 is 1.12 bits per heavy atom. The zero-order valence-electron chi connectivity index (χ0n) is 17.2. The van der Waals surface area contributed by atoms with E-state index in [4.69, 9.17) is 16.3 Å².